The Hall–Kier alpha value is -1.62. The van der Waals surface area contributed by atoms with Gasteiger partial charge in [-0.3, -0.25) is 0 Å². The van der Waals surface area contributed by atoms with E-state index < -0.39 is 0 Å². The summed E-state index contributed by atoms with van der Waals surface area (Å²) in [5, 5.41) is 2.70. The van der Waals surface area contributed by atoms with Gasteiger partial charge in [-0.25, -0.2) is 0 Å². The Kier molecular flexibility index (Phi) is 5.56. The molecular formula is C15H12BrN2O2Se. The summed E-state index contributed by atoms with van der Waals surface area (Å²) in [6.45, 7) is 0. The number of ether oxygens (including phenoxy) is 1. The van der Waals surface area contributed by atoms with Crippen molar-refractivity contribution >= 4 is 48.3 Å². The quantitative estimate of drug-likeness (QED) is 0.480. The Morgan fingerprint density at radius 2 is 1.76 bits per heavy atom. The third-order valence-corrected chi connectivity index (χ3v) is 3.56. The topological polar surface area (TPSA) is 50.7 Å². The van der Waals surface area contributed by atoms with Crippen molar-refractivity contribution in [3.63, 3.8) is 0 Å². The first-order valence-electron chi connectivity index (χ1n) is 6.05. The van der Waals surface area contributed by atoms with E-state index in [4.69, 9.17) is 4.74 Å². The molecule has 0 unspecified atom stereocenters. The predicted molar refractivity (Wildman–Crippen MR) is 87.5 cm³/mol. The summed E-state index contributed by atoms with van der Waals surface area (Å²) in [5.41, 5.74) is 1.29. The van der Waals surface area contributed by atoms with Crippen LogP contribution in [0.15, 0.2) is 58.0 Å². The Labute approximate surface area is 139 Å². The number of halogens is 1. The fourth-order valence-electron chi connectivity index (χ4n) is 1.57. The Balaban J connectivity index is 2.05. The third-order valence-electron chi connectivity index (χ3n) is 2.63. The predicted octanol–water partition coefficient (Wildman–Crippen LogP) is 3.04. The Morgan fingerprint density at radius 3 is 2.33 bits per heavy atom. The molecule has 0 bridgehead atoms. The minimum atomic E-state index is -0.229. The van der Waals surface area contributed by atoms with E-state index >= 15 is 0 Å². The van der Waals surface area contributed by atoms with E-state index in [1.54, 1.807) is 31.4 Å². The van der Waals surface area contributed by atoms with Crippen molar-refractivity contribution in [2.24, 2.45) is 4.99 Å². The summed E-state index contributed by atoms with van der Waals surface area (Å²) in [4.78, 5) is 16.3. The van der Waals surface area contributed by atoms with Crippen molar-refractivity contribution in [1.29, 1.82) is 0 Å². The standard InChI is InChI=1S/C15H12BrN2O2Se/c1-20-13-8-2-10(3-9-13)14(19)18-15(21)17-12-6-4-11(16)5-7-12/h2-9H,1H3,(H,17,18,19). The van der Waals surface area contributed by atoms with E-state index in [0.717, 1.165) is 10.2 Å². The van der Waals surface area contributed by atoms with Crippen molar-refractivity contribution in [2.75, 3.05) is 7.11 Å². The molecule has 0 aliphatic carbocycles. The summed E-state index contributed by atoms with van der Waals surface area (Å²) >= 11 is 6.10. The molecule has 107 valence electrons. The van der Waals surface area contributed by atoms with E-state index in [0.29, 0.717) is 16.0 Å². The van der Waals surface area contributed by atoms with Crippen LogP contribution in [0.3, 0.4) is 0 Å². The molecule has 4 nitrogen and oxygen atoms in total. The van der Waals surface area contributed by atoms with Gasteiger partial charge in [0.2, 0.25) is 0 Å². The average Bonchev–Trinajstić information content (AvgIpc) is 2.49. The van der Waals surface area contributed by atoms with Gasteiger partial charge in [0.05, 0.1) is 0 Å². The molecule has 1 N–H and O–H groups in total. The number of aliphatic imine (C=N–C) groups is 1. The van der Waals surface area contributed by atoms with Gasteiger partial charge in [-0.2, -0.15) is 0 Å². The number of rotatable bonds is 3. The zero-order chi connectivity index (χ0) is 15.2. The molecule has 2 aromatic rings. The molecule has 0 saturated carbocycles. The second kappa shape index (κ2) is 7.41. The first-order chi connectivity index (χ1) is 10.1. The van der Waals surface area contributed by atoms with Crippen LogP contribution in [0.1, 0.15) is 10.4 Å². The van der Waals surface area contributed by atoms with Gasteiger partial charge in [0.15, 0.2) is 0 Å². The number of nitrogens with zero attached hydrogens (tertiary/aromatic N) is 1. The molecule has 0 saturated heterocycles. The number of amides is 1. The zero-order valence-corrected chi connectivity index (χ0v) is 14.5. The van der Waals surface area contributed by atoms with Crippen LogP contribution in [0.5, 0.6) is 5.75 Å². The van der Waals surface area contributed by atoms with Gasteiger partial charge in [0, 0.05) is 0 Å². The number of hydrogen-bond acceptors (Lipinski definition) is 3. The number of amidine groups is 1. The summed E-state index contributed by atoms with van der Waals surface area (Å²) < 4.78 is 6.45. The second-order valence-corrected chi connectivity index (χ2v) is 5.80. The monoisotopic (exact) mass is 411 g/mol. The van der Waals surface area contributed by atoms with Crippen LogP contribution < -0.4 is 10.1 Å². The van der Waals surface area contributed by atoms with Crippen molar-refractivity contribution in [1.82, 2.24) is 5.32 Å². The van der Waals surface area contributed by atoms with E-state index in [2.05, 4.69) is 42.3 Å². The van der Waals surface area contributed by atoms with Crippen LogP contribution in [0, 0.1) is 0 Å². The number of hydrogen-bond donors (Lipinski definition) is 1. The third kappa shape index (κ3) is 4.70. The fraction of sp³-hybridized carbons (Fsp3) is 0.0667. The van der Waals surface area contributed by atoms with Crippen molar-refractivity contribution < 1.29 is 9.53 Å². The maximum atomic E-state index is 12.0. The molecule has 2 aromatic carbocycles. The van der Waals surface area contributed by atoms with Crippen LogP contribution in [-0.2, 0) is 0 Å². The van der Waals surface area contributed by atoms with E-state index in [1.165, 1.54) is 0 Å². The molecule has 0 atom stereocenters. The summed E-state index contributed by atoms with van der Waals surface area (Å²) in [7, 11) is 1.58. The van der Waals surface area contributed by atoms with Crippen molar-refractivity contribution in [3.05, 3.63) is 58.6 Å². The van der Waals surface area contributed by atoms with Crippen LogP contribution in [0.2, 0.25) is 0 Å². The molecule has 6 heteroatoms. The zero-order valence-electron chi connectivity index (χ0n) is 11.2. The molecule has 0 fully saturated rings. The summed E-state index contributed by atoms with van der Waals surface area (Å²) in [6, 6.07) is 14.3. The fourth-order valence-corrected chi connectivity index (χ4v) is 2.25. The molecule has 1 amide bonds. The average molecular weight is 411 g/mol. The van der Waals surface area contributed by atoms with Crippen LogP contribution in [-0.4, -0.2) is 33.8 Å². The molecule has 0 aliphatic rings. The van der Waals surface area contributed by atoms with Crippen LogP contribution >= 0.6 is 15.9 Å². The number of methoxy groups -OCH3 is 1. The number of carbonyl (C=O) groups is 1. The van der Waals surface area contributed by atoms with E-state index in [1.807, 2.05) is 24.3 Å². The first kappa shape index (κ1) is 15.8. The summed E-state index contributed by atoms with van der Waals surface area (Å²) in [5.74, 6) is 0.477. The SMILES string of the molecule is COc1ccc(C(=O)NC([Se])=Nc2ccc(Br)cc2)cc1. The molecule has 0 aliphatic heterocycles. The Bertz CT molecular complexity index is 654. The second-order valence-electron chi connectivity index (χ2n) is 4.08. The molecule has 0 spiro atoms. The Morgan fingerprint density at radius 1 is 1.14 bits per heavy atom. The van der Waals surface area contributed by atoms with Gasteiger partial charge < -0.3 is 0 Å². The van der Waals surface area contributed by atoms with E-state index in [-0.39, 0.29) is 5.91 Å². The minimum absolute atomic E-state index is 0.229. The van der Waals surface area contributed by atoms with Gasteiger partial charge >= 0.3 is 140 Å². The normalized spacial score (nSPS) is 11.0. The van der Waals surface area contributed by atoms with Gasteiger partial charge in [-0.05, 0) is 0 Å². The molecule has 2 rings (SSSR count). The molecule has 1 radical (unpaired) electrons. The van der Waals surface area contributed by atoms with Crippen molar-refractivity contribution in [2.45, 2.75) is 0 Å². The molecule has 21 heavy (non-hydrogen) atoms. The maximum absolute atomic E-state index is 12.0. The van der Waals surface area contributed by atoms with Gasteiger partial charge in [0.25, 0.3) is 0 Å². The molecular weight excluding hydrogens is 399 g/mol. The van der Waals surface area contributed by atoms with Crippen LogP contribution in [0.25, 0.3) is 0 Å². The summed E-state index contributed by atoms with van der Waals surface area (Å²) in [6.07, 6.45) is 0. The first-order valence-corrected chi connectivity index (χ1v) is 7.70. The number of carbonyl (C=O) groups excluding carboxylic acids is 1. The van der Waals surface area contributed by atoms with E-state index in [9.17, 15) is 4.79 Å². The van der Waals surface area contributed by atoms with Crippen LogP contribution in [0.4, 0.5) is 5.69 Å². The van der Waals surface area contributed by atoms with Gasteiger partial charge in [0.1, 0.15) is 0 Å². The molecule has 0 heterocycles. The number of benzene rings is 2. The van der Waals surface area contributed by atoms with Gasteiger partial charge in [-0.1, -0.05) is 0 Å². The molecule has 0 aromatic heterocycles. The van der Waals surface area contributed by atoms with Crippen molar-refractivity contribution in [3.8, 4) is 5.75 Å². The van der Waals surface area contributed by atoms with Gasteiger partial charge in [-0.15, -0.1) is 0 Å². The number of nitrogens with one attached hydrogen (secondary N) is 1.